The van der Waals surface area contributed by atoms with Crippen molar-refractivity contribution in [2.75, 3.05) is 6.54 Å². The molecule has 1 aliphatic heterocycles. The van der Waals surface area contributed by atoms with Crippen molar-refractivity contribution in [2.24, 2.45) is 0 Å². The van der Waals surface area contributed by atoms with Crippen LogP contribution in [0.3, 0.4) is 0 Å². The summed E-state index contributed by atoms with van der Waals surface area (Å²) < 4.78 is 14.5. The van der Waals surface area contributed by atoms with Gasteiger partial charge in [0.15, 0.2) is 0 Å². The van der Waals surface area contributed by atoms with Crippen molar-refractivity contribution in [1.82, 2.24) is 9.47 Å². The van der Waals surface area contributed by atoms with E-state index in [1.807, 2.05) is 4.90 Å². The number of rotatable bonds is 4. The van der Waals surface area contributed by atoms with Crippen LogP contribution in [-0.2, 0) is 17.8 Å². The Hall–Kier alpha value is -2.43. The summed E-state index contributed by atoms with van der Waals surface area (Å²) in [5, 5.41) is 0. The summed E-state index contributed by atoms with van der Waals surface area (Å²) in [4.78, 5) is 26.4. The maximum absolute atomic E-state index is 13.1. The second-order valence-corrected chi connectivity index (χ2v) is 6.23. The second-order valence-electron chi connectivity index (χ2n) is 6.23. The molecule has 3 rings (SSSR count). The number of benzene rings is 1. The molecule has 1 amide bonds. The first-order valence-electron chi connectivity index (χ1n) is 8.33. The van der Waals surface area contributed by atoms with Gasteiger partial charge in [0, 0.05) is 24.8 Å². The van der Waals surface area contributed by atoms with Crippen LogP contribution < -0.4 is 5.56 Å². The zero-order valence-electron chi connectivity index (χ0n) is 13.5. The van der Waals surface area contributed by atoms with Crippen molar-refractivity contribution in [1.29, 1.82) is 0 Å². The molecule has 1 aromatic carbocycles. The molecule has 4 nitrogen and oxygen atoms in total. The van der Waals surface area contributed by atoms with E-state index in [9.17, 15) is 14.0 Å². The summed E-state index contributed by atoms with van der Waals surface area (Å²) in [6, 6.07) is 11.4. The highest BCUT2D eigenvalue weighted by Gasteiger charge is 2.26. The highest BCUT2D eigenvalue weighted by molar-refractivity contribution is 5.76. The Labute approximate surface area is 140 Å². The van der Waals surface area contributed by atoms with Gasteiger partial charge in [0.2, 0.25) is 5.91 Å². The molecule has 1 saturated heterocycles. The zero-order chi connectivity index (χ0) is 16.9. The van der Waals surface area contributed by atoms with E-state index in [2.05, 4.69) is 0 Å². The van der Waals surface area contributed by atoms with E-state index in [1.54, 1.807) is 30.5 Å². The van der Waals surface area contributed by atoms with Crippen LogP contribution in [0.15, 0.2) is 53.5 Å². The molecular formula is C19H21FN2O2. The van der Waals surface area contributed by atoms with Gasteiger partial charge in [-0.2, -0.15) is 0 Å². The predicted molar refractivity (Wildman–Crippen MR) is 90.2 cm³/mol. The number of hydrogen-bond donors (Lipinski definition) is 0. The summed E-state index contributed by atoms with van der Waals surface area (Å²) in [5.74, 6) is -0.283. The number of amides is 1. The van der Waals surface area contributed by atoms with Gasteiger partial charge in [-0.1, -0.05) is 18.2 Å². The summed E-state index contributed by atoms with van der Waals surface area (Å²) >= 11 is 0. The van der Waals surface area contributed by atoms with E-state index < -0.39 is 0 Å². The van der Waals surface area contributed by atoms with Crippen LogP contribution in [0, 0.1) is 5.82 Å². The fraction of sp³-hybridized carbons (Fsp3) is 0.368. The van der Waals surface area contributed by atoms with Gasteiger partial charge >= 0.3 is 0 Å². The first-order valence-corrected chi connectivity index (χ1v) is 8.33. The largest absolute Gasteiger partial charge is 0.338 e. The fourth-order valence-corrected chi connectivity index (χ4v) is 3.26. The molecule has 1 fully saturated rings. The van der Waals surface area contributed by atoms with Crippen LogP contribution in [0.25, 0.3) is 0 Å². The summed E-state index contributed by atoms with van der Waals surface area (Å²) in [5.41, 5.74) is 0.857. The summed E-state index contributed by atoms with van der Waals surface area (Å²) in [6.07, 6.45) is 5.36. The van der Waals surface area contributed by atoms with Gasteiger partial charge < -0.3 is 9.47 Å². The molecule has 0 spiro atoms. The third-order valence-electron chi connectivity index (χ3n) is 4.54. The van der Waals surface area contributed by atoms with Crippen LogP contribution in [0.4, 0.5) is 4.39 Å². The first kappa shape index (κ1) is 16.4. The van der Waals surface area contributed by atoms with E-state index in [4.69, 9.17) is 0 Å². The third-order valence-corrected chi connectivity index (χ3v) is 4.54. The average molecular weight is 328 g/mol. The second kappa shape index (κ2) is 7.43. The van der Waals surface area contributed by atoms with Crippen molar-refractivity contribution in [2.45, 2.75) is 38.3 Å². The molecule has 5 heteroatoms. The molecule has 0 radical (unpaired) electrons. The molecule has 2 aromatic rings. The highest BCUT2D eigenvalue weighted by Crippen LogP contribution is 2.21. The van der Waals surface area contributed by atoms with Gasteiger partial charge in [0.25, 0.3) is 5.56 Å². The van der Waals surface area contributed by atoms with E-state index in [1.165, 1.54) is 22.8 Å². The number of halogens is 1. The number of hydrogen-bond acceptors (Lipinski definition) is 2. The SMILES string of the molecule is O=C(Cn1ccccc1=O)N1CCCC[C@@H]1Cc1ccc(F)cc1. The molecule has 0 unspecified atom stereocenters. The minimum Gasteiger partial charge on any atom is -0.338 e. The topological polar surface area (TPSA) is 42.3 Å². The lowest BCUT2D eigenvalue weighted by Crippen LogP contribution is -2.46. The monoisotopic (exact) mass is 328 g/mol. The zero-order valence-corrected chi connectivity index (χ0v) is 13.5. The number of carbonyl (C=O) groups excluding carboxylic acids is 1. The number of nitrogens with zero attached hydrogens (tertiary/aromatic N) is 2. The van der Waals surface area contributed by atoms with E-state index >= 15 is 0 Å². The Balaban J connectivity index is 1.71. The number of carbonyl (C=O) groups is 1. The standard InChI is InChI=1S/C19H21FN2O2/c20-16-9-7-15(8-10-16)13-17-5-1-4-12-22(17)19(24)14-21-11-3-2-6-18(21)23/h2-3,6-11,17H,1,4-5,12-14H2/t17-/m1/s1. The van der Waals surface area contributed by atoms with Gasteiger partial charge in [0.05, 0.1) is 0 Å². The molecule has 0 N–H and O–H groups in total. The van der Waals surface area contributed by atoms with Gasteiger partial charge in [-0.15, -0.1) is 0 Å². The minimum atomic E-state index is -0.251. The van der Waals surface area contributed by atoms with Crippen LogP contribution in [0.5, 0.6) is 0 Å². The van der Waals surface area contributed by atoms with Crippen LogP contribution in [-0.4, -0.2) is 28.0 Å². The quantitative estimate of drug-likeness (QED) is 0.866. The molecule has 0 bridgehead atoms. The Bertz CT molecular complexity index is 754. The maximum Gasteiger partial charge on any atom is 0.250 e. The first-order chi connectivity index (χ1) is 11.6. The van der Waals surface area contributed by atoms with Crippen LogP contribution in [0.1, 0.15) is 24.8 Å². The van der Waals surface area contributed by atoms with E-state index in [-0.39, 0.29) is 29.9 Å². The van der Waals surface area contributed by atoms with Crippen molar-refractivity contribution in [3.63, 3.8) is 0 Å². The third kappa shape index (κ3) is 3.91. The Morgan fingerprint density at radius 1 is 1.12 bits per heavy atom. The van der Waals surface area contributed by atoms with Gasteiger partial charge in [-0.25, -0.2) is 4.39 Å². The lowest BCUT2D eigenvalue weighted by Gasteiger charge is -2.36. The van der Waals surface area contributed by atoms with Crippen molar-refractivity contribution in [3.8, 4) is 0 Å². The van der Waals surface area contributed by atoms with Crippen molar-refractivity contribution >= 4 is 5.91 Å². The molecule has 24 heavy (non-hydrogen) atoms. The number of likely N-dealkylation sites (tertiary alicyclic amines) is 1. The van der Waals surface area contributed by atoms with E-state index in [0.717, 1.165) is 31.2 Å². The number of aromatic nitrogens is 1. The van der Waals surface area contributed by atoms with E-state index in [0.29, 0.717) is 6.54 Å². The Kier molecular flexibility index (Phi) is 5.08. The molecular weight excluding hydrogens is 307 g/mol. The molecule has 1 aliphatic rings. The molecule has 0 aliphatic carbocycles. The smallest absolute Gasteiger partial charge is 0.250 e. The Morgan fingerprint density at radius 2 is 1.92 bits per heavy atom. The molecule has 1 atom stereocenters. The van der Waals surface area contributed by atoms with Crippen molar-refractivity contribution in [3.05, 3.63) is 70.4 Å². The normalized spacial score (nSPS) is 17.7. The van der Waals surface area contributed by atoms with Gasteiger partial charge in [-0.05, 0) is 49.4 Å². The molecule has 0 saturated carbocycles. The molecule has 126 valence electrons. The minimum absolute atomic E-state index is 0.0323. The van der Waals surface area contributed by atoms with Crippen LogP contribution in [0.2, 0.25) is 0 Å². The van der Waals surface area contributed by atoms with Crippen LogP contribution >= 0.6 is 0 Å². The predicted octanol–water partition coefficient (Wildman–Crippen LogP) is 2.61. The maximum atomic E-state index is 13.1. The molecule has 2 heterocycles. The summed E-state index contributed by atoms with van der Waals surface area (Å²) in [6.45, 7) is 0.784. The van der Waals surface area contributed by atoms with Gasteiger partial charge in [0.1, 0.15) is 12.4 Å². The van der Waals surface area contributed by atoms with Crippen molar-refractivity contribution < 1.29 is 9.18 Å². The van der Waals surface area contributed by atoms with Gasteiger partial charge in [-0.3, -0.25) is 9.59 Å². The number of pyridine rings is 1. The highest BCUT2D eigenvalue weighted by atomic mass is 19.1. The lowest BCUT2D eigenvalue weighted by molar-refractivity contribution is -0.135. The lowest BCUT2D eigenvalue weighted by atomic mass is 9.95. The summed E-state index contributed by atoms with van der Waals surface area (Å²) in [7, 11) is 0. The average Bonchev–Trinajstić information content (AvgIpc) is 2.59. The number of piperidine rings is 1. The molecule has 1 aromatic heterocycles. The Morgan fingerprint density at radius 3 is 2.67 bits per heavy atom. The fourth-order valence-electron chi connectivity index (χ4n) is 3.26.